The molecule has 0 aliphatic carbocycles. The van der Waals surface area contributed by atoms with Crippen LogP contribution in [0.25, 0.3) is 10.9 Å². The van der Waals surface area contributed by atoms with Crippen molar-refractivity contribution < 1.29 is 19.3 Å². The molecule has 0 spiro atoms. The Morgan fingerprint density at radius 3 is 2.95 bits per heavy atom. The van der Waals surface area contributed by atoms with Gasteiger partial charge in [-0.2, -0.15) is 0 Å². The summed E-state index contributed by atoms with van der Waals surface area (Å²) < 4.78 is 8.61. The lowest BCUT2D eigenvalue weighted by Crippen LogP contribution is -2.13. The highest BCUT2D eigenvalue weighted by Gasteiger charge is 2.15. The third-order valence-corrected chi connectivity index (χ3v) is 3.55. The van der Waals surface area contributed by atoms with Gasteiger partial charge >= 0.3 is 14.1 Å². The molecule has 2 aromatic rings. The van der Waals surface area contributed by atoms with Crippen LogP contribution in [0, 0.1) is 0 Å². The van der Waals surface area contributed by atoms with Crippen molar-refractivity contribution in [2.45, 2.75) is 13.0 Å². The van der Waals surface area contributed by atoms with Gasteiger partial charge in [0.2, 0.25) is 0 Å². The molecule has 1 aromatic carbocycles. The van der Waals surface area contributed by atoms with Crippen molar-refractivity contribution in [2.75, 3.05) is 0 Å². The fourth-order valence-electron chi connectivity index (χ4n) is 1.44. The second-order valence-corrected chi connectivity index (χ2v) is 5.22. The van der Waals surface area contributed by atoms with Crippen molar-refractivity contribution in [3.05, 3.63) is 35.5 Å². The molecule has 0 radical (unpaired) electrons. The molecule has 2 atom stereocenters. The van der Waals surface area contributed by atoms with Gasteiger partial charge in [0, 0.05) is 5.39 Å². The van der Waals surface area contributed by atoms with Gasteiger partial charge in [-0.3, -0.25) is 4.52 Å². The van der Waals surface area contributed by atoms with Gasteiger partial charge in [-0.05, 0) is 37.3 Å². The molecule has 104 valence electrons. The third kappa shape index (κ3) is 3.63. The molecule has 0 saturated carbocycles. The van der Waals surface area contributed by atoms with Crippen LogP contribution >= 0.6 is 19.8 Å². The van der Waals surface area contributed by atoms with Crippen LogP contribution in [-0.4, -0.2) is 22.1 Å². The molecule has 6 nitrogen and oxygen atoms in total. The summed E-state index contributed by atoms with van der Waals surface area (Å²) in [5.74, 6) is -0.835. The zero-order valence-electron chi connectivity index (χ0n) is 10.4. The quantitative estimate of drug-likeness (QED) is 0.691. The minimum atomic E-state index is -2.44. The number of halogens is 1. The van der Waals surface area contributed by atoms with Crippen LogP contribution in [0.15, 0.2) is 35.1 Å². The molecule has 0 saturated heterocycles. The fraction of sp³-hybridized carbons (Fsp3) is 0.167. The number of carbonyl (C=O) groups is 1. The van der Waals surface area contributed by atoms with Gasteiger partial charge in [-0.15, -0.1) is 0 Å². The number of carboxylic acids is 1. The average molecular weight is 313 g/mol. The molecule has 8 heteroatoms. The Kier molecular flexibility index (Phi) is 4.49. The van der Waals surface area contributed by atoms with Crippen molar-refractivity contribution in [3.8, 4) is 5.75 Å². The van der Waals surface area contributed by atoms with E-state index >= 15 is 0 Å². The van der Waals surface area contributed by atoms with E-state index in [1.165, 1.54) is 6.92 Å². The average Bonchev–Trinajstić information content (AvgIpc) is 2.38. The monoisotopic (exact) mass is 312 g/mol. The molecule has 0 aliphatic rings. The topological polar surface area (TPSA) is 94.8 Å². The first-order chi connectivity index (χ1) is 9.45. The molecule has 0 amide bonds. The molecule has 2 rings (SSSR count). The number of rotatable bonds is 4. The van der Waals surface area contributed by atoms with Crippen LogP contribution in [0.1, 0.15) is 6.92 Å². The number of hydrogen-bond donors (Lipinski definition) is 1. The summed E-state index contributed by atoms with van der Waals surface area (Å²) in [6.45, 7) is 1.32. The summed E-state index contributed by atoms with van der Waals surface area (Å²) in [5.41, 5.74) is 0.677. The van der Waals surface area contributed by atoms with Crippen molar-refractivity contribution in [1.29, 1.82) is 0 Å². The number of fused-ring (bicyclic) bond motifs is 1. The molecule has 1 N–H and O–H groups in total. The molecule has 2 unspecified atom stereocenters. The highest BCUT2D eigenvalue weighted by atomic mass is 35.5. The first-order valence-electron chi connectivity index (χ1n) is 5.61. The molecular weight excluding hydrogens is 303 g/mol. The Morgan fingerprint density at radius 1 is 1.50 bits per heavy atom. The highest BCUT2D eigenvalue weighted by molar-refractivity contribution is 7.34. The van der Waals surface area contributed by atoms with E-state index in [1.807, 2.05) is 0 Å². The first kappa shape index (κ1) is 14.7. The number of benzene rings is 1. The van der Waals surface area contributed by atoms with Gasteiger partial charge in [-0.1, -0.05) is 16.3 Å². The third-order valence-electron chi connectivity index (χ3n) is 2.44. The van der Waals surface area contributed by atoms with Crippen LogP contribution in [0.5, 0.6) is 5.75 Å². The van der Waals surface area contributed by atoms with Crippen molar-refractivity contribution >= 4 is 36.6 Å². The number of hydrogen-bond acceptors (Lipinski definition) is 5. The van der Waals surface area contributed by atoms with Crippen molar-refractivity contribution in [1.82, 2.24) is 4.98 Å². The minimum absolute atomic E-state index is 0.323. The Hall–Kier alpha value is -1.75. The van der Waals surface area contributed by atoms with E-state index in [0.29, 0.717) is 16.4 Å². The van der Waals surface area contributed by atoms with Crippen molar-refractivity contribution in [3.63, 3.8) is 0 Å². The molecule has 0 aliphatic heterocycles. The van der Waals surface area contributed by atoms with Crippen molar-refractivity contribution in [2.24, 2.45) is 4.74 Å². The zero-order chi connectivity index (χ0) is 14.7. The summed E-state index contributed by atoms with van der Waals surface area (Å²) in [4.78, 5) is 26.3. The lowest BCUT2D eigenvalue weighted by atomic mass is 10.2. The Labute approximate surface area is 120 Å². The highest BCUT2D eigenvalue weighted by Crippen LogP contribution is 2.27. The normalized spacial score (nSPS) is 13.2. The Bertz CT molecular complexity index is 692. The SMILES string of the molecule is CC(N=[P+]([O-])Oc1ccc2nc(Cl)ccc2c1)C(=O)O. The second kappa shape index (κ2) is 6.13. The predicted octanol–water partition coefficient (Wildman–Crippen LogP) is 2.60. The molecule has 0 fully saturated rings. The Balaban J connectivity index is 2.22. The van der Waals surface area contributed by atoms with Gasteiger partial charge in [0.15, 0.2) is 11.8 Å². The molecule has 0 bridgehead atoms. The molecule has 1 heterocycles. The van der Waals surface area contributed by atoms with E-state index in [2.05, 4.69) is 9.73 Å². The minimum Gasteiger partial charge on any atom is -0.575 e. The van der Waals surface area contributed by atoms with Gasteiger partial charge in [-0.25, -0.2) is 9.78 Å². The lowest BCUT2D eigenvalue weighted by molar-refractivity contribution is -0.169. The van der Waals surface area contributed by atoms with Crippen LogP contribution < -0.4 is 9.42 Å². The maximum atomic E-state index is 11.6. The largest absolute Gasteiger partial charge is 0.575 e. The van der Waals surface area contributed by atoms with Crippen LogP contribution in [0.2, 0.25) is 5.15 Å². The summed E-state index contributed by atoms with van der Waals surface area (Å²) in [7, 11) is -2.44. The summed E-state index contributed by atoms with van der Waals surface area (Å²) in [6, 6.07) is 7.17. The van der Waals surface area contributed by atoms with Gasteiger partial charge in [0.05, 0.1) is 5.52 Å². The summed E-state index contributed by atoms with van der Waals surface area (Å²) in [5, 5.41) is 9.81. The van der Waals surface area contributed by atoms with E-state index in [9.17, 15) is 9.69 Å². The van der Waals surface area contributed by atoms with Crippen LogP contribution in [-0.2, 0) is 4.79 Å². The molecular formula is C12H10ClN2O4P. The van der Waals surface area contributed by atoms with E-state index in [0.717, 1.165) is 5.39 Å². The van der Waals surface area contributed by atoms with Gasteiger partial charge in [0.25, 0.3) is 0 Å². The number of pyridine rings is 1. The first-order valence-corrected chi connectivity index (χ1v) is 7.11. The van der Waals surface area contributed by atoms with Crippen LogP contribution in [0.4, 0.5) is 0 Å². The number of nitrogens with zero attached hydrogens (tertiary/aromatic N) is 2. The standard InChI is InChI=1S/C12H10ClN2O4P/c1-7(12(16)17)15-20(18)19-9-3-4-10-8(6-9)2-5-11(13)14-10/h2-7H,1H3,(H,16,17). The predicted molar refractivity (Wildman–Crippen MR) is 73.8 cm³/mol. The maximum absolute atomic E-state index is 11.6. The Morgan fingerprint density at radius 2 is 2.25 bits per heavy atom. The van der Waals surface area contributed by atoms with Gasteiger partial charge < -0.3 is 10.00 Å². The summed E-state index contributed by atoms with van der Waals surface area (Å²) >= 11 is 5.77. The smallest absolute Gasteiger partial charge is 0.395 e. The van der Waals surface area contributed by atoms with E-state index < -0.39 is 20.2 Å². The second-order valence-electron chi connectivity index (χ2n) is 3.95. The van der Waals surface area contributed by atoms with Gasteiger partial charge in [0.1, 0.15) is 5.15 Å². The zero-order valence-corrected chi connectivity index (χ0v) is 12.0. The number of aromatic nitrogens is 1. The number of aliphatic carboxylic acids is 1. The summed E-state index contributed by atoms with van der Waals surface area (Å²) in [6.07, 6.45) is 0. The fourth-order valence-corrected chi connectivity index (χ4v) is 2.32. The molecule has 20 heavy (non-hydrogen) atoms. The van der Waals surface area contributed by atoms with E-state index in [-0.39, 0.29) is 0 Å². The van der Waals surface area contributed by atoms with Crippen LogP contribution in [0.3, 0.4) is 0 Å². The maximum Gasteiger partial charge on any atom is 0.395 e. The number of carboxylic acid groups (broad SMARTS) is 1. The molecule has 1 aromatic heterocycles. The lowest BCUT2D eigenvalue weighted by Gasteiger charge is -2.02. The van der Waals surface area contributed by atoms with E-state index in [1.54, 1.807) is 30.3 Å². The van der Waals surface area contributed by atoms with E-state index in [4.69, 9.17) is 21.2 Å².